The fraction of sp³-hybridized carbons (Fsp3) is 0.417. The van der Waals surface area contributed by atoms with Crippen molar-refractivity contribution in [2.75, 3.05) is 12.1 Å². The zero-order chi connectivity index (χ0) is 21.4. The second-order valence-electron chi connectivity index (χ2n) is 8.36. The molecule has 2 amide bonds. The molecule has 1 saturated carbocycles. The molecule has 3 aliphatic rings. The molecule has 1 aliphatic carbocycles. The van der Waals surface area contributed by atoms with E-state index in [9.17, 15) is 9.59 Å². The van der Waals surface area contributed by atoms with Crippen LogP contribution in [0.2, 0.25) is 0 Å². The van der Waals surface area contributed by atoms with Crippen molar-refractivity contribution in [3.63, 3.8) is 0 Å². The monoisotopic (exact) mass is 422 g/mol. The summed E-state index contributed by atoms with van der Waals surface area (Å²) in [4.78, 5) is 27.7. The zero-order valence-electron chi connectivity index (χ0n) is 17.6. The molecule has 2 aliphatic heterocycles. The van der Waals surface area contributed by atoms with E-state index in [0.29, 0.717) is 35.0 Å². The largest absolute Gasteiger partial charge is 0.481 e. The van der Waals surface area contributed by atoms with E-state index >= 15 is 0 Å². The minimum Gasteiger partial charge on any atom is -0.481 e. The number of nitrogens with zero attached hydrogens (tertiary/aromatic N) is 1. The molecule has 31 heavy (non-hydrogen) atoms. The highest BCUT2D eigenvalue weighted by atomic mass is 16.7. The molecular formula is C24H26N2O5. The van der Waals surface area contributed by atoms with Crippen LogP contribution in [-0.4, -0.2) is 35.7 Å². The van der Waals surface area contributed by atoms with Crippen molar-refractivity contribution in [1.82, 2.24) is 4.90 Å². The van der Waals surface area contributed by atoms with Crippen LogP contribution in [0.15, 0.2) is 36.4 Å². The summed E-state index contributed by atoms with van der Waals surface area (Å²) in [7, 11) is 0. The number of anilines is 1. The van der Waals surface area contributed by atoms with E-state index in [4.69, 9.17) is 14.2 Å². The van der Waals surface area contributed by atoms with Crippen LogP contribution < -0.4 is 19.5 Å². The summed E-state index contributed by atoms with van der Waals surface area (Å²) < 4.78 is 16.6. The maximum atomic E-state index is 13.0. The van der Waals surface area contributed by atoms with Gasteiger partial charge in [-0.25, -0.2) is 0 Å². The smallest absolute Gasteiger partial charge is 0.263 e. The molecule has 0 spiro atoms. The highest BCUT2D eigenvalue weighted by Crippen LogP contribution is 2.34. The Bertz CT molecular complexity index is 1020. The number of carbonyl (C=O) groups excluding carboxylic acids is 2. The molecule has 0 aromatic heterocycles. The molecule has 2 aromatic carbocycles. The summed E-state index contributed by atoms with van der Waals surface area (Å²) in [6.45, 7) is 2.47. The molecule has 1 unspecified atom stereocenters. The maximum absolute atomic E-state index is 13.0. The van der Waals surface area contributed by atoms with Crippen LogP contribution in [0.3, 0.4) is 0 Å². The molecule has 0 saturated heterocycles. The van der Waals surface area contributed by atoms with Crippen molar-refractivity contribution < 1.29 is 23.8 Å². The Kier molecular flexibility index (Phi) is 5.18. The number of carbonyl (C=O) groups is 2. The highest BCUT2D eigenvalue weighted by molar-refractivity contribution is 6.04. The summed E-state index contributed by atoms with van der Waals surface area (Å²) in [6.07, 6.45) is 5.10. The average Bonchev–Trinajstić information content (AvgIpc) is 3.22. The van der Waals surface area contributed by atoms with Gasteiger partial charge in [0.15, 0.2) is 17.6 Å². The molecule has 0 radical (unpaired) electrons. The molecule has 2 aromatic rings. The number of ether oxygens (including phenoxy) is 3. The molecular weight excluding hydrogens is 396 g/mol. The van der Waals surface area contributed by atoms with Gasteiger partial charge < -0.3 is 24.4 Å². The molecule has 2 heterocycles. The van der Waals surface area contributed by atoms with E-state index in [1.54, 1.807) is 24.3 Å². The van der Waals surface area contributed by atoms with E-state index in [1.165, 1.54) is 6.42 Å². The molecule has 1 N–H and O–H groups in total. The summed E-state index contributed by atoms with van der Waals surface area (Å²) in [5.74, 6) is 1.70. The van der Waals surface area contributed by atoms with Crippen molar-refractivity contribution in [2.24, 2.45) is 0 Å². The van der Waals surface area contributed by atoms with Crippen LogP contribution in [-0.2, 0) is 11.3 Å². The van der Waals surface area contributed by atoms with E-state index in [1.807, 2.05) is 24.0 Å². The average molecular weight is 422 g/mol. The van der Waals surface area contributed by atoms with Crippen molar-refractivity contribution in [2.45, 2.75) is 57.7 Å². The van der Waals surface area contributed by atoms with Gasteiger partial charge in [0.05, 0.1) is 0 Å². The first-order chi connectivity index (χ1) is 15.1. The van der Waals surface area contributed by atoms with Gasteiger partial charge in [-0.2, -0.15) is 0 Å². The van der Waals surface area contributed by atoms with Crippen molar-refractivity contribution >= 4 is 17.5 Å². The Morgan fingerprint density at radius 3 is 2.61 bits per heavy atom. The Labute approximate surface area is 181 Å². The standard InChI is InChI=1S/C24H26N2O5/c1-15-24(28)26(19-5-3-2-4-6-19)13-17-11-18(8-10-20(17)31-15)25-23(27)16-7-9-21-22(12-16)30-14-29-21/h7-12,15,19H,2-6,13-14H2,1H3,(H,25,27). The number of hydrogen-bond donors (Lipinski definition) is 1. The van der Waals surface area contributed by atoms with Crippen molar-refractivity contribution in [1.29, 1.82) is 0 Å². The van der Waals surface area contributed by atoms with Crippen LogP contribution in [0.1, 0.15) is 54.9 Å². The lowest BCUT2D eigenvalue weighted by atomic mass is 9.93. The zero-order valence-corrected chi connectivity index (χ0v) is 17.6. The Balaban J connectivity index is 1.37. The van der Waals surface area contributed by atoms with Gasteiger partial charge in [-0.3, -0.25) is 9.59 Å². The lowest BCUT2D eigenvalue weighted by molar-refractivity contribution is -0.140. The van der Waals surface area contributed by atoms with Gasteiger partial charge in [0, 0.05) is 29.4 Å². The molecule has 5 rings (SSSR count). The SMILES string of the molecule is CC1Oc2ccc(NC(=O)c3ccc4c(c3)OCO4)cc2CN(C2CCCCC2)C1=O. The van der Waals surface area contributed by atoms with Crippen molar-refractivity contribution in [3.8, 4) is 17.2 Å². The minimum absolute atomic E-state index is 0.0362. The lowest BCUT2D eigenvalue weighted by Gasteiger charge is -2.34. The number of rotatable bonds is 3. The molecule has 1 fully saturated rings. The first-order valence-electron chi connectivity index (χ1n) is 10.9. The van der Waals surface area contributed by atoms with Gasteiger partial charge in [-0.15, -0.1) is 0 Å². The van der Waals surface area contributed by atoms with Gasteiger partial charge in [0.2, 0.25) is 6.79 Å². The normalized spacial score (nSPS) is 20.6. The fourth-order valence-corrected chi connectivity index (χ4v) is 4.57. The number of nitrogens with one attached hydrogen (secondary N) is 1. The van der Waals surface area contributed by atoms with E-state index in [2.05, 4.69) is 5.32 Å². The maximum Gasteiger partial charge on any atom is 0.263 e. The Hall–Kier alpha value is -3.22. The minimum atomic E-state index is -0.516. The lowest BCUT2D eigenvalue weighted by Crippen LogP contribution is -2.45. The van der Waals surface area contributed by atoms with Gasteiger partial charge in [-0.1, -0.05) is 19.3 Å². The third-order valence-electron chi connectivity index (χ3n) is 6.24. The second-order valence-corrected chi connectivity index (χ2v) is 8.36. The molecule has 7 nitrogen and oxygen atoms in total. The van der Waals surface area contributed by atoms with Crippen LogP contribution >= 0.6 is 0 Å². The van der Waals surface area contributed by atoms with Crippen LogP contribution in [0.4, 0.5) is 5.69 Å². The predicted octanol–water partition coefficient (Wildman–Crippen LogP) is 4.11. The van der Waals surface area contributed by atoms with E-state index < -0.39 is 6.10 Å². The fourth-order valence-electron chi connectivity index (χ4n) is 4.57. The van der Waals surface area contributed by atoms with Crippen molar-refractivity contribution in [3.05, 3.63) is 47.5 Å². The molecule has 1 atom stereocenters. The van der Waals surface area contributed by atoms with Gasteiger partial charge in [-0.05, 0) is 56.2 Å². The van der Waals surface area contributed by atoms with E-state index in [-0.39, 0.29) is 24.6 Å². The van der Waals surface area contributed by atoms with Gasteiger partial charge in [0.1, 0.15) is 5.75 Å². The summed E-state index contributed by atoms with van der Waals surface area (Å²) >= 11 is 0. The van der Waals surface area contributed by atoms with E-state index in [0.717, 1.165) is 31.2 Å². The quantitative estimate of drug-likeness (QED) is 0.806. The topological polar surface area (TPSA) is 77.1 Å². The predicted molar refractivity (Wildman–Crippen MR) is 114 cm³/mol. The van der Waals surface area contributed by atoms with Crippen LogP contribution in [0.25, 0.3) is 0 Å². The number of fused-ring (bicyclic) bond motifs is 2. The van der Waals surface area contributed by atoms with Gasteiger partial charge in [0.25, 0.3) is 11.8 Å². The first kappa shape index (κ1) is 19.7. The van der Waals surface area contributed by atoms with Crippen LogP contribution in [0, 0.1) is 0 Å². The summed E-state index contributed by atoms with van der Waals surface area (Å²) in [5.41, 5.74) is 2.06. The molecule has 0 bridgehead atoms. The van der Waals surface area contributed by atoms with Crippen LogP contribution in [0.5, 0.6) is 17.2 Å². The summed E-state index contributed by atoms with van der Waals surface area (Å²) in [6, 6.07) is 10.9. The molecule has 7 heteroatoms. The molecule has 162 valence electrons. The Morgan fingerprint density at radius 1 is 1.00 bits per heavy atom. The Morgan fingerprint density at radius 2 is 1.77 bits per heavy atom. The summed E-state index contributed by atoms with van der Waals surface area (Å²) in [5, 5.41) is 2.94. The number of benzene rings is 2. The number of amides is 2. The van der Waals surface area contributed by atoms with Gasteiger partial charge >= 0.3 is 0 Å². The highest BCUT2D eigenvalue weighted by Gasteiger charge is 2.33. The number of hydrogen-bond acceptors (Lipinski definition) is 5. The second kappa shape index (κ2) is 8.13. The first-order valence-corrected chi connectivity index (χ1v) is 10.9. The third kappa shape index (κ3) is 3.92. The third-order valence-corrected chi connectivity index (χ3v) is 6.24.